The fourth-order valence-corrected chi connectivity index (χ4v) is 2.73. The van der Waals surface area contributed by atoms with Crippen LogP contribution in [-0.2, 0) is 11.3 Å². The van der Waals surface area contributed by atoms with Crippen LogP contribution in [0.4, 0.5) is 5.69 Å². The normalized spacial score (nSPS) is 16.4. The van der Waals surface area contributed by atoms with E-state index >= 15 is 0 Å². The van der Waals surface area contributed by atoms with Gasteiger partial charge in [-0.1, -0.05) is 18.2 Å². The van der Waals surface area contributed by atoms with Crippen molar-refractivity contribution in [3.63, 3.8) is 0 Å². The van der Waals surface area contributed by atoms with Crippen molar-refractivity contribution in [2.24, 2.45) is 0 Å². The van der Waals surface area contributed by atoms with Crippen LogP contribution in [0, 0.1) is 0 Å². The lowest BCUT2D eigenvalue weighted by atomic mass is 10.1. The Labute approximate surface area is 119 Å². The van der Waals surface area contributed by atoms with E-state index in [9.17, 15) is 0 Å². The summed E-state index contributed by atoms with van der Waals surface area (Å²) in [7, 11) is 1.95. The van der Waals surface area contributed by atoms with E-state index in [1.165, 1.54) is 11.1 Å². The van der Waals surface area contributed by atoms with Crippen LogP contribution in [0.15, 0.2) is 30.3 Å². The highest BCUT2D eigenvalue weighted by atomic mass is 16.5. The summed E-state index contributed by atoms with van der Waals surface area (Å²) in [5.74, 6) is 0. The molecule has 0 atom stereocenters. The van der Waals surface area contributed by atoms with Crippen LogP contribution < -0.4 is 10.2 Å². The molecule has 1 aromatic carbocycles. The molecule has 2 heterocycles. The molecule has 0 spiro atoms. The van der Waals surface area contributed by atoms with E-state index in [2.05, 4.69) is 34.5 Å². The maximum Gasteiger partial charge on any atom is 0.0726 e. The molecule has 1 fully saturated rings. The Bertz CT molecular complexity index is 577. The number of benzene rings is 1. The standard InChI is InChI=1S/C16H21N3O/c1-17-12-13-11-16(19-7-4-9-20-10-8-19)14-5-2-3-6-15(14)18-13/h2-3,5-6,11,17H,4,7-10,12H2,1H3. The van der Waals surface area contributed by atoms with Crippen LogP contribution in [0.1, 0.15) is 12.1 Å². The number of ether oxygens (including phenoxy) is 1. The van der Waals surface area contributed by atoms with Crippen molar-refractivity contribution in [1.29, 1.82) is 0 Å². The summed E-state index contributed by atoms with van der Waals surface area (Å²) in [5, 5.41) is 4.42. The van der Waals surface area contributed by atoms with Gasteiger partial charge in [0.2, 0.25) is 0 Å². The monoisotopic (exact) mass is 271 g/mol. The average molecular weight is 271 g/mol. The first-order valence-electron chi connectivity index (χ1n) is 7.24. The quantitative estimate of drug-likeness (QED) is 0.928. The third-order valence-electron chi connectivity index (χ3n) is 3.67. The Morgan fingerprint density at radius 1 is 1.25 bits per heavy atom. The number of fused-ring (bicyclic) bond motifs is 1. The minimum Gasteiger partial charge on any atom is -0.380 e. The van der Waals surface area contributed by atoms with E-state index in [1.807, 2.05) is 13.1 Å². The molecule has 1 aliphatic rings. The Balaban J connectivity index is 2.06. The molecule has 0 amide bonds. The second-order valence-corrected chi connectivity index (χ2v) is 5.13. The molecular weight excluding hydrogens is 250 g/mol. The smallest absolute Gasteiger partial charge is 0.0726 e. The molecule has 0 aliphatic carbocycles. The molecule has 2 aromatic rings. The van der Waals surface area contributed by atoms with Gasteiger partial charge in [-0.3, -0.25) is 4.98 Å². The number of para-hydroxylation sites is 1. The summed E-state index contributed by atoms with van der Waals surface area (Å²) in [6.07, 6.45) is 1.08. The molecule has 1 N–H and O–H groups in total. The van der Waals surface area contributed by atoms with Crippen molar-refractivity contribution in [2.45, 2.75) is 13.0 Å². The largest absolute Gasteiger partial charge is 0.380 e. The fraction of sp³-hybridized carbons (Fsp3) is 0.438. The van der Waals surface area contributed by atoms with Crippen LogP contribution in [-0.4, -0.2) is 38.3 Å². The third kappa shape index (κ3) is 2.76. The fourth-order valence-electron chi connectivity index (χ4n) is 2.73. The lowest BCUT2D eigenvalue weighted by Crippen LogP contribution is -2.26. The molecule has 0 unspecified atom stereocenters. The highest BCUT2D eigenvalue weighted by Gasteiger charge is 2.14. The maximum absolute atomic E-state index is 5.57. The second-order valence-electron chi connectivity index (χ2n) is 5.13. The van der Waals surface area contributed by atoms with Gasteiger partial charge in [0.05, 0.1) is 17.8 Å². The molecule has 0 bridgehead atoms. The van der Waals surface area contributed by atoms with E-state index in [1.54, 1.807) is 0 Å². The number of anilines is 1. The van der Waals surface area contributed by atoms with Gasteiger partial charge in [-0.05, 0) is 25.6 Å². The summed E-state index contributed by atoms with van der Waals surface area (Å²) in [4.78, 5) is 7.15. The van der Waals surface area contributed by atoms with Gasteiger partial charge < -0.3 is 15.0 Å². The molecule has 1 aromatic heterocycles. The Morgan fingerprint density at radius 2 is 2.15 bits per heavy atom. The van der Waals surface area contributed by atoms with Gasteiger partial charge in [0, 0.05) is 37.3 Å². The Kier molecular flexibility index (Phi) is 4.14. The highest BCUT2D eigenvalue weighted by molar-refractivity contribution is 5.92. The van der Waals surface area contributed by atoms with Crippen LogP contribution in [0.25, 0.3) is 10.9 Å². The molecule has 4 nitrogen and oxygen atoms in total. The molecule has 20 heavy (non-hydrogen) atoms. The molecule has 1 saturated heterocycles. The van der Waals surface area contributed by atoms with E-state index < -0.39 is 0 Å². The summed E-state index contributed by atoms with van der Waals surface area (Å²) in [5.41, 5.74) is 3.44. The number of nitrogens with zero attached hydrogens (tertiary/aromatic N) is 2. The molecule has 4 heteroatoms. The number of nitrogens with one attached hydrogen (secondary N) is 1. The van der Waals surface area contributed by atoms with Gasteiger partial charge in [-0.2, -0.15) is 0 Å². The lowest BCUT2D eigenvalue weighted by Gasteiger charge is -2.24. The first-order chi connectivity index (χ1) is 9.88. The predicted octanol–water partition coefficient (Wildman–Crippen LogP) is 2.18. The Morgan fingerprint density at radius 3 is 3.05 bits per heavy atom. The zero-order chi connectivity index (χ0) is 13.8. The van der Waals surface area contributed by atoms with Crippen molar-refractivity contribution in [2.75, 3.05) is 38.3 Å². The number of hydrogen-bond donors (Lipinski definition) is 1. The number of hydrogen-bond acceptors (Lipinski definition) is 4. The first-order valence-corrected chi connectivity index (χ1v) is 7.24. The molecule has 3 rings (SSSR count). The molecule has 1 aliphatic heterocycles. The molecule has 0 saturated carbocycles. The van der Waals surface area contributed by atoms with Crippen LogP contribution in [0.2, 0.25) is 0 Å². The van der Waals surface area contributed by atoms with Crippen molar-refractivity contribution < 1.29 is 4.74 Å². The van der Waals surface area contributed by atoms with Gasteiger partial charge >= 0.3 is 0 Å². The lowest BCUT2D eigenvalue weighted by molar-refractivity contribution is 0.152. The second kappa shape index (κ2) is 6.20. The summed E-state index contributed by atoms with van der Waals surface area (Å²) in [6.45, 7) is 4.46. The first kappa shape index (κ1) is 13.3. The average Bonchev–Trinajstić information content (AvgIpc) is 2.76. The van der Waals surface area contributed by atoms with E-state index in [0.29, 0.717) is 0 Å². The Hall–Kier alpha value is -1.65. The topological polar surface area (TPSA) is 37.4 Å². The zero-order valence-corrected chi connectivity index (χ0v) is 11.9. The molecule has 0 radical (unpaired) electrons. The van der Waals surface area contributed by atoms with Gasteiger partial charge in [-0.15, -0.1) is 0 Å². The SMILES string of the molecule is CNCc1cc(N2CCCOCC2)c2ccccc2n1. The zero-order valence-electron chi connectivity index (χ0n) is 11.9. The highest BCUT2D eigenvalue weighted by Crippen LogP contribution is 2.27. The third-order valence-corrected chi connectivity index (χ3v) is 3.67. The number of rotatable bonds is 3. The van der Waals surface area contributed by atoms with Gasteiger partial charge in [0.15, 0.2) is 0 Å². The summed E-state index contributed by atoms with van der Waals surface area (Å²) < 4.78 is 5.57. The number of pyridine rings is 1. The van der Waals surface area contributed by atoms with Crippen LogP contribution in [0.3, 0.4) is 0 Å². The number of aromatic nitrogens is 1. The minimum atomic E-state index is 0.794. The van der Waals surface area contributed by atoms with E-state index in [0.717, 1.165) is 50.5 Å². The van der Waals surface area contributed by atoms with E-state index in [-0.39, 0.29) is 0 Å². The summed E-state index contributed by atoms with van der Waals surface area (Å²) >= 11 is 0. The minimum absolute atomic E-state index is 0.794. The van der Waals surface area contributed by atoms with Crippen molar-refractivity contribution >= 4 is 16.6 Å². The van der Waals surface area contributed by atoms with Crippen LogP contribution in [0.5, 0.6) is 0 Å². The van der Waals surface area contributed by atoms with Crippen molar-refractivity contribution in [1.82, 2.24) is 10.3 Å². The van der Waals surface area contributed by atoms with Gasteiger partial charge in [0.25, 0.3) is 0 Å². The van der Waals surface area contributed by atoms with E-state index in [4.69, 9.17) is 9.72 Å². The van der Waals surface area contributed by atoms with Gasteiger partial charge in [-0.25, -0.2) is 0 Å². The van der Waals surface area contributed by atoms with Crippen LogP contribution >= 0.6 is 0 Å². The molecular formula is C16H21N3O. The van der Waals surface area contributed by atoms with Crippen molar-refractivity contribution in [3.05, 3.63) is 36.0 Å². The maximum atomic E-state index is 5.57. The van der Waals surface area contributed by atoms with Crippen molar-refractivity contribution in [3.8, 4) is 0 Å². The van der Waals surface area contributed by atoms with Gasteiger partial charge in [0.1, 0.15) is 0 Å². The predicted molar refractivity (Wildman–Crippen MR) is 82.2 cm³/mol. The summed E-state index contributed by atoms with van der Waals surface area (Å²) in [6, 6.07) is 10.6. The molecule has 106 valence electrons.